The smallest absolute Gasteiger partial charge is 0.0382 e. The minimum atomic E-state index is -0.255. The largest absolute Gasteiger partial charge is 0.0906 e. The number of hydrogen-bond acceptors (Lipinski definition) is 3. The first-order chi connectivity index (χ1) is 7.30. The first-order valence-electron chi connectivity index (χ1n) is 4.42. The molecule has 15 heavy (non-hydrogen) atoms. The topological polar surface area (TPSA) is 146 Å². The minimum absolute atomic E-state index is 0.255. The zero-order valence-corrected chi connectivity index (χ0v) is 7.88. The summed E-state index contributed by atoms with van der Waals surface area (Å²) in [5.74, 6) is 0. The third-order valence-corrected chi connectivity index (χ3v) is 2.28. The maximum atomic E-state index is 8.30. The summed E-state index contributed by atoms with van der Waals surface area (Å²) in [4.78, 5) is 8.11. The number of nitrogens with zero attached hydrogens (tertiary/aromatic N) is 9. The van der Waals surface area contributed by atoms with E-state index in [1.807, 2.05) is 0 Å². The van der Waals surface area contributed by atoms with E-state index in [9.17, 15) is 0 Å². The van der Waals surface area contributed by atoms with E-state index in [4.69, 9.17) is 16.6 Å². The van der Waals surface area contributed by atoms with E-state index in [0.717, 1.165) is 0 Å². The molecule has 0 atom stereocenters. The van der Waals surface area contributed by atoms with Crippen LogP contribution in [-0.2, 0) is 0 Å². The molecule has 1 saturated carbocycles. The fourth-order valence-electron chi connectivity index (χ4n) is 1.73. The van der Waals surface area contributed by atoms with E-state index in [0.29, 0.717) is 19.3 Å². The zero-order valence-electron chi connectivity index (χ0n) is 7.88. The second-order valence-corrected chi connectivity index (χ2v) is 3.28. The Morgan fingerprint density at radius 2 is 0.933 bits per heavy atom. The molecule has 1 aliphatic rings. The fourth-order valence-corrected chi connectivity index (χ4v) is 1.73. The van der Waals surface area contributed by atoms with Crippen LogP contribution < -0.4 is 0 Å². The molecule has 0 aliphatic heterocycles. The van der Waals surface area contributed by atoms with E-state index < -0.39 is 0 Å². The van der Waals surface area contributed by atoms with Crippen LogP contribution in [-0.4, -0.2) is 18.1 Å². The molecule has 1 aliphatic carbocycles. The van der Waals surface area contributed by atoms with Crippen molar-refractivity contribution in [2.24, 2.45) is 15.3 Å². The second kappa shape index (κ2) is 5.62. The van der Waals surface area contributed by atoms with Gasteiger partial charge in [-0.05, 0) is 35.9 Å². The molecule has 1 fully saturated rings. The molecule has 0 spiro atoms. The molecular weight excluding hydrogens is 198 g/mol. The normalized spacial score (nSPS) is 29.2. The average molecular weight is 207 g/mol. The van der Waals surface area contributed by atoms with Crippen LogP contribution in [0.25, 0.3) is 31.3 Å². The Hall–Kier alpha value is -2.07. The van der Waals surface area contributed by atoms with Gasteiger partial charge in [-0.2, -0.15) is 0 Å². The van der Waals surface area contributed by atoms with Crippen LogP contribution in [0.5, 0.6) is 0 Å². The number of rotatable bonds is 3. The summed E-state index contributed by atoms with van der Waals surface area (Å²) < 4.78 is 0. The lowest BCUT2D eigenvalue weighted by atomic mass is 9.88. The molecule has 0 aromatic carbocycles. The fraction of sp³-hybridized carbons (Fsp3) is 1.00. The van der Waals surface area contributed by atoms with Gasteiger partial charge in [-0.15, -0.1) is 0 Å². The van der Waals surface area contributed by atoms with Gasteiger partial charge < -0.3 is 0 Å². The summed E-state index contributed by atoms with van der Waals surface area (Å²) in [6, 6.07) is -0.765. The molecule has 0 unspecified atom stereocenters. The monoisotopic (exact) mass is 207 g/mol. The molecule has 0 radical (unpaired) electrons. The first-order valence-corrected chi connectivity index (χ1v) is 4.42. The molecule has 0 heterocycles. The molecule has 0 bridgehead atoms. The van der Waals surface area contributed by atoms with Crippen LogP contribution in [0.15, 0.2) is 15.3 Å². The van der Waals surface area contributed by atoms with Crippen LogP contribution in [0, 0.1) is 0 Å². The van der Waals surface area contributed by atoms with Crippen molar-refractivity contribution in [3.8, 4) is 0 Å². The molecule has 0 amide bonds. The highest BCUT2D eigenvalue weighted by Gasteiger charge is 2.26. The van der Waals surface area contributed by atoms with Crippen molar-refractivity contribution in [2.45, 2.75) is 37.4 Å². The molecule has 0 aromatic heterocycles. The molecule has 0 N–H and O–H groups in total. The van der Waals surface area contributed by atoms with Gasteiger partial charge in [0.1, 0.15) is 0 Å². The molecular formula is C6H9N9. The molecule has 9 heteroatoms. The summed E-state index contributed by atoms with van der Waals surface area (Å²) >= 11 is 0. The quantitative estimate of drug-likeness (QED) is 0.379. The Morgan fingerprint density at radius 3 is 1.13 bits per heavy atom. The van der Waals surface area contributed by atoms with E-state index >= 15 is 0 Å². The standard InChI is InChI=1S/C6H9N9/c7-13-10-4-1-5(11-14-8)3-6(2-4)12-15-9/h4-6H,1-3H2. The van der Waals surface area contributed by atoms with Crippen LogP contribution >= 0.6 is 0 Å². The van der Waals surface area contributed by atoms with Crippen LogP contribution in [0.2, 0.25) is 0 Å². The summed E-state index contributed by atoms with van der Waals surface area (Å²) in [7, 11) is 0. The van der Waals surface area contributed by atoms with Crippen LogP contribution in [0.3, 0.4) is 0 Å². The van der Waals surface area contributed by atoms with E-state index in [1.165, 1.54) is 0 Å². The van der Waals surface area contributed by atoms with Gasteiger partial charge in [0.2, 0.25) is 0 Å². The molecule has 0 saturated heterocycles. The highest BCUT2D eigenvalue weighted by atomic mass is 15.2. The van der Waals surface area contributed by atoms with Gasteiger partial charge >= 0.3 is 0 Å². The SMILES string of the molecule is [N-]=[N+]=NC1CC(N=[N+]=[N-])CC(N=[N+]=[N-])C1. The maximum Gasteiger partial charge on any atom is 0.0382 e. The van der Waals surface area contributed by atoms with Crippen molar-refractivity contribution in [1.29, 1.82) is 0 Å². The predicted octanol–water partition coefficient (Wildman–Crippen LogP) is 3.21. The van der Waals surface area contributed by atoms with Crippen LogP contribution in [0.1, 0.15) is 19.3 Å². The van der Waals surface area contributed by atoms with Crippen molar-refractivity contribution in [3.05, 3.63) is 31.3 Å². The number of azide groups is 3. The minimum Gasteiger partial charge on any atom is -0.0906 e. The first kappa shape index (κ1) is 11.0. The van der Waals surface area contributed by atoms with E-state index in [1.54, 1.807) is 0 Å². The molecule has 9 nitrogen and oxygen atoms in total. The Morgan fingerprint density at radius 1 is 0.667 bits per heavy atom. The van der Waals surface area contributed by atoms with Gasteiger partial charge in [0.25, 0.3) is 0 Å². The molecule has 0 aromatic rings. The Kier molecular flexibility index (Phi) is 4.12. The van der Waals surface area contributed by atoms with Gasteiger partial charge in [0.15, 0.2) is 0 Å². The van der Waals surface area contributed by atoms with Gasteiger partial charge in [-0.3, -0.25) is 0 Å². The van der Waals surface area contributed by atoms with Gasteiger partial charge in [0, 0.05) is 32.9 Å². The highest BCUT2D eigenvalue weighted by molar-refractivity contribution is 4.90. The van der Waals surface area contributed by atoms with E-state index in [2.05, 4.69) is 30.1 Å². The van der Waals surface area contributed by atoms with Crippen molar-refractivity contribution in [1.82, 2.24) is 0 Å². The van der Waals surface area contributed by atoms with Crippen molar-refractivity contribution in [3.63, 3.8) is 0 Å². The lowest BCUT2D eigenvalue weighted by Gasteiger charge is -2.27. The average Bonchev–Trinajstić information content (AvgIpc) is 2.19. The Bertz CT molecular complexity index is 294. The highest BCUT2D eigenvalue weighted by Crippen LogP contribution is 2.26. The van der Waals surface area contributed by atoms with Crippen molar-refractivity contribution >= 4 is 0 Å². The van der Waals surface area contributed by atoms with Crippen LogP contribution in [0.4, 0.5) is 0 Å². The van der Waals surface area contributed by atoms with Gasteiger partial charge in [0.05, 0.1) is 0 Å². The van der Waals surface area contributed by atoms with Gasteiger partial charge in [-0.1, -0.05) is 15.3 Å². The van der Waals surface area contributed by atoms with Crippen molar-refractivity contribution in [2.75, 3.05) is 0 Å². The van der Waals surface area contributed by atoms with Gasteiger partial charge in [-0.25, -0.2) is 0 Å². The van der Waals surface area contributed by atoms with Crippen molar-refractivity contribution < 1.29 is 0 Å². The summed E-state index contributed by atoms with van der Waals surface area (Å²) in [6.07, 6.45) is 1.56. The predicted molar refractivity (Wildman–Crippen MR) is 52.7 cm³/mol. The third kappa shape index (κ3) is 3.28. The third-order valence-electron chi connectivity index (χ3n) is 2.28. The lowest BCUT2D eigenvalue weighted by molar-refractivity contribution is 0.350. The summed E-state index contributed by atoms with van der Waals surface area (Å²) in [5.41, 5.74) is 24.9. The molecule has 78 valence electrons. The van der Waals surface area contributed by atoms with E-state index in [-0.39, 0.29) is 18.1 Å². The Labute approximate surface area is 85.0 Å². The molecule has 1 rings (SSSR count). The maximum absolute atomic E-state index is 8.30. The second-order valence-electron chi connectivity index (χ2n) is 3.28. The number of hydrogen-bond donors (Lipinski definition) is 0. The zero-order chi connectivity index (χ0) is 11.1. The Balaban J connectivity index is 2.75. The summed E-state index contributed by atoms with van der Waals surface area (Å²) in [6.45, 7) is 0. The lowest BCUT2D eigenvalue weighted by Crippen LogP contribution is -2.29. The summed E-state index contributed by atoms with van der Waals surface area (Å²) in [5, 5.41) is 10.7.